The summed E-state index contributed by atoms with van der Waals surface area (Å²) in [6.45, 7) is 2.68. The molecule has 0 aromatic heterocycles. The molecule has 0 aliphatic heterocycles. The SMILES string of the molecule is COCCCC(O)c1cc(C)ccc1OC. The summed E-state index contributed by atoms with van der Waals surface area (Å²) in [6.07, 6.45) is 1.05. The van der Waals surface area contributed by atoms with E-state index in [4.69, 9.17) is 9.47 Å². The lowest BCUT2D eigenvalue weighted by Gasteiger charge is -2.15. The maximum Gasteiger partial charge on any atom is 0.124 e. The Balaban J connectivity index is 2.72. The number of hydrogen-bond acceptors (Lipinski definition) is 3. The van der Waals surface area contributed by atoms with Crippen molar-refractivity contribution in [2.45, 2.75) is 25.9 Å². The van der Waals surface area contributed by atoms with E-state index in [-0.39, 0.29) is 0 Å². The normalized spacial score (nSPS) is 12.5. The molecule has 0 radical (unpaired) electrons. The van der Waals surface area contributed by atoms with E-state index in [2.05, 4.69) is 0 Å². The molecule has 0 bridgehead atoms. The Kier molecular flexibility index (Phi) is 5.29. The molecule has 1 aromatic rings. The standard InChI is InChI=1S/C13H20O3/c1-10-6-7-13(16-3)11(9-10)12(14)5-4-8-15-2/h6-7,9,12,14H,4-5,8H2,1-3H3. The van der Waals surface area contributed by atoms with Gasteiger partial charge in [-0.2, -0.15) is 0 Å². The Morgan fingerprint density at radius 1 is 1.31 bits per heavy atom. The quantitative estimate of drug-likeness (QED) is 0.754. The Labute approximate surface area is 97.0 Å². The van der Waals surface area contributed by atoms with Gasteiger partial charge in [0.1, 0.15) is 5.75 Å². The molecule has 1 atom stereocenters. The Morgan fingerprint density at radius 3 is 2.69 bits per heavy atom. The number of benzene rings is 1. The molecule has 3 nitrogen and oxygen atoms in total. The van der Waals surface area contributed by atoms with E-state index in [9.17, 15) is 5.11 Å². The first-order valence-corrected chi connectivity index (χ1v) is 5.50. The molecule has 0 amide bonds. The first-order valence-electron chi connectivity index (χ1n) is 5.50. The molecule has 1 aromatic carbocycles. The highest BCUT2D eigenvalue weighted by molar-refractivity contribution is 5.38. The fourth-order valence-electron chi connectivity index (χ4n) is 1.69. The first kappa shape index (κ1) is 13.0. The van der Waals surface area contributed by atoms with Crippen LogP contribution in [0.15, 0.2) is 18.2 Å². The van der Waals surface area contributed by atoms with E-state index >= 15 is 0 Å². The summed E-state index contributed by atoms with van der Waals surface area (Å²) >= 11 is 0. The molecule has 1 unspecified atom stereocenters. The van der Waals surface area contributed by atoms with Crippen LogP contribution >= 0.6 is 0 Å². The second-order valence-corrected chi connectivity index (χ2v) is 3.90. The van der Waals surface area contributed by atoms with Gasteiger partial charge in [0.15, 0.2) is 0 Å². The number of aliphatic hydroxyl groups is 1. The molecule has 0 spiro atoms. The van der Waals surface area contributed by atoms with Gasteiger partial charge in [-0.05, 0) is 31.9 Å². The van der Waals surface area contributed by atoms with Crippen LogP contribution in [0.3, 0.4) is 0 Å². The third kappa shape index (κ3) is 3.51. The van der Waals surface area contributed by atoms with Crippen LogP contribution in [0, 0.1) is 6.92 Å². The van der Waals surface area contributed by atoms with Gasteiger partial charge in [0, 0.05) is 19.3 Å². The highest BCUT2D eigenvalue weighted by atomic mass is 16.5. The zero-order chi connectivity index (χ0) is 12.0. The lowest BCUT2D eigenvalue weighted by Crippen LogP contribution is -2.02. The molecule has 0 heterocycles. The van der Waals surface area contributed by atoms with Crippen molar-refractivity contribution in [3.05, 3.63) is 29.3 Å². The average Bonchev–Trinajstić information content (AvgIpc) is 2.29. The van der Waals surface area contributed by atoms with Gasteiger partial charge in [-0.25, -0.2) is 0 Å². The van der Waals surface area contributed by atoms with Crippen LogP contribution in [0.2, 0.25) is 0 Å². The number of aryl methyl sites for hydroxylation is 1. The fraction of sp³-hybridized carbons (Fsp3) is 0.538. The molecule has 1 N–H and O–H groups in total. The molecule has 0 aliphatic carbocycles. The third-order valence-corrected chi connectivity index (χ3v) is 2.57. The molecule has 0 fully saturated rings. The van der Waals surface area contributed by atoms with Crippen molar-refractivity contribution >= 4 is 0 Å². The van der Waals surface area contributed by atoms with E-state index in [0.717, 1.165) is 23.3 Å². The highest BCUT2D eigenvalue weighted by Gasteiger charge is 2.12. The van der Waals surface area contributed by atoms with Crippen LogP contribution in [0.4, 0.5) is 0 Å². The zero-order valence-electron chi connectivity index (χ0n) is 10.2. The Hall–Kier alpha value is -1.06. The van der Waals surface area contributed by atoms with E-state index in [1.54, 1.807) is 14.2 Å². The summed E-state index contributed by atoms with van der Waals surface area (Å²) in [5.74, 6) is 0.746. The molecule has 16 heavy (non-hydrogen) atoms. The molecule has 0 saturated carbocycles. The van der Waals surface area contributed by atoms with Crippen molar-refractivity contribution in [2.75, 3.05) is 20.8 Å². The lowest BCUT2D eigenvalue weighted by atomic mass is 10.0. The van der Waals surface area contributed by atoms with Gasteiger partial charge in [0.05, 0.1) is 13.2 Å². The summed E-state index contributed by atoms with van der Waals surface area (Å²) in [6, 6.07) is 5.84. The van der Waals surface area contributed by atoms with Crippen LogP contribution in [0.5, 0.6) is 5.75 Å². The van der Waals surface area contributed by atoms with Crippen LogP contribution in [-0.4, -0.2) is 25.9 Å². The Bertz CT molecular complexity index is 323. The maximum atomic E-state index is 10.0. The highest BCUT2D eigenvalue weighted by Crippen LogP contribution is 2.28. The summed E-state index contributed by atoms with van der Waals surface area (Å²) in [4.78, 5) is 0. The van der Waals surface area contributed by atoms with Crippen molar-refractivity contribution in [1.29, 1.82) is 0 Å². The largest absolute Gasteiger partial charge is 0.496 e. The van der Waals surface area contributed by atoms with E-state index in [1.807, 2.05) is 25.1 Å². The first-order chi connectivity index (χ1) is 7.69. The molecular formula is C13H20O3. The molecule has 3 heteroatoms. The van der Waals surface area contributed by atoms with Gasteiger partial charge >= 0.3 is 0 Å². The van der Waals surface area contributed by atoms with Crippen molar-refractivity contribution in [3.8, 4) is 5.75 Å². The van der Waals surface area contributed by atoms with Gasteiger partial charge in [0.25, 0.3) is 0 Å². The molecule has 0 aliphatic rings. The number of rotatable bonds is 6. The van der Waals surface area contributed by atoms with E-state index in [1.165, 1.54) is 0 Å². The minimum Gasteiger partial charge on any atom is -0.496 e. The van der Waals surface area contributed by atoms with Gasteiger partial charge in [-0.15, -0.1) is 0 Å². The van der Waals surface area contributed by atoms with E-state index < -0.39 is 6.10 Å². The summed E-state index contributed by atoms with van der Waals surface area (Å²) in [5, 5.41) is 10.0. The summed E-state index contributed by atoms with van der Waals surface area (Å²) < 4.78 is 10.2. The van der Waals surface area contributed by atoms with E-state index in [0.29, 0.717) is 13.0 Å². The van der Waals surface area contributed by atoms with Gasteiger partial charge < -0.3 is 14.6 Å². The fourth-order valence-corrected chi connectivity index (χ4v) is 1.69. The van der Waals surface area contributed by atoms with Crippen molar-refractivity contribution < 1.29 is 14.6 Å². The lowest BCUT2D eigenvalue weighted by molar-refractivity contribution is 0.134. The molecule has 90 valence electrons. The van der Waals surface area contributed by atoms with Crippen LogP contribution < -0.4 is 4.74 Å². The minimum atomic E-state index is -0.481. The Morgan fingerprint density at radius 2 is 2.06 bits per heavy atom. The molecule has 0 saturated heterocycles. The average molecular weight is 224 g/mol. The number of methoxy groups -OCH3 is 2. The number of ether oxygens (including phenoxy) is 2. The zero-order valence-corrected chi connectivity index (χ0v) is 10.2. The summed E-state index contributed by atoms with van der Waals surface area (Å²) in [5.41, 5.74) is 1.99. The van der Waals surface area contributed by atoms with Crippen molar-refractivity contribution in [2.24, 2.45) is 0 Å². The predicted octanol–water partition coefficient (Wildman–Crippen LogP) is 2.46. The number of hydrogen-bond donors (Lipinski definition) is 1. The molecular weight excluding hydrogens is 204 g/mol. The number of aliphatic hydroxyl groups excluding tert-OH is 1. The van der Waals surface area contributed by atoms with Crippen LogP contribution in [-0.2, 0) is 4.74 Å². The van der Waals surface area contributed by atoms with Gasteiger partial charge in [-0.1, -0.05) is 11.6 Å². The second kappa shape index (κ2) is 6.51. The van der Waals surface area contributed by atoms with Crippen molar-refractivity contribution in [3.63, 3.8) is 0 Å². The maximum absolute atomic E-state index is 10.0. The monoisotopic (exact) mass is 224 g/mol. The second-order valence-electron chi connectivity index (χ2n) is 3.90. The third-order valence-electron chi connectivity index (χ3n) is 2.57. The van der Waals surface area contributed by atoms with Gasteiger partial charge in [0.2, 0.25) is 0 Å². The smallest absolute Gasteiger partial charge is 0.124 e. The van der Waals surface area contributed by atoms with Crippen LogP contribution in [0.1, 0.15) is 30.1 Å². The van der Waals surface area contributed by atoms with Crippen LogP contribution in [0.25, 0.3) is 0 Å². The van der Waals surface area contributed by atoms with Crippen molar-refractivity contribution in [1.82, 2.24) is 0 Å². The van der Waals surface area contributed by atoms with Gasteiger partial charge in [-0.3, -0.25) is 0 Å². The minimum absolute atomic E-state index is 0.481. The molecule has 1 rings (SSSR count). The topological polar surface area (TPSA) is 38.7 Å². The predicted molar refractivity (Wildman–Crippen MR) is 63.8 cm³/mol. The summed E-state index contributed by atoms with van der Waals surface area (Å²) in [7, 11) is 3.29.